The molecular weight excluding hydrogens is 380 g/mol. The minimum atomic E-state index is -0.0704. The number of anilines is 1. The van der Waals surface area contributed by atoms with Crippen molar-refractivity contribution in [3.63, 3.8) is 0 Å². The lowest BCUT2D eigenvalue weighted by atomic mass is 10.0. The largest absolute Gasteiger partial charge is 0.356 e. The van der Waals surface area contributed by atoms with E-state index in [0.717, 1.165) is 43.3 Å². The fourth-order valence-electron chi connectivity index (χ4n) is 4.38. The molecule has 0 spiro atoms. The van der Waals surface area contributed by atoms with Crippen LogP contribution in [0.1, 0.15) is 35.9 Å². The third kappa shape index (κ3) is 3.42. The first-order chi connectivity index (χ1) is 14.6. The van der Waals surface area contributed by atoms with Gasteiger partial charge in [0.25, 0.3) is 5.91 Å². The second kappa shape index (κ2) is 7.51. The van der Waals surface area contributed by atoms with E-state index in [0.29, 0.717) is 29.2 Å². The Hall–Kier alpha value is -3.29. The highest BCUT2D eigenvalue weighted by Crippen LogP contribution is 2.34. The maximum absolute atomic E-state index is 12.9. The number of aromatic nitrogens is 4. The Bertz CT molecular complexity index is 1040. The first kappa shape index (κ1) is 18.7. The van der Waals surface area contributed by atoms with E-state index >= 15 is 0 Å². The molecule has 8 heteroatoms. The van der Waals surface area contributed by atoms with Crippen molar-refractivity contribution in [2.24, 2.45) is 11.8 Å². The van der Waals surface area contributed by atoms with Crippen LogP contribution in [0.25, 0.3) is 11.3 Å². The molecule has 0 N–H and O–H groups in total. The number of carbonyl (C=O) groups is 1. The molecule has 0 aliphatic carbocycles. The van der Waals surface area contributed by atoms with Gasteiger partial charge in [-0.1, -0.05) is 19.0 Å². The van der Waals surface area contributed by atoms with Crippen molar-refractivity contribution in [2.75, 3.05) is 31.1 Å². The fourth-order valence-corrected chi connectivity index (χ4v) is 4.38. The first-order valence-corrected chi connectivity index (χ1v) is 10.3. The van der Waals surface area contributed by atoms with Crippen molar-refractivity contribution in [2.45, 2.75) is 19.8 Å². The molecule has 5 heterocycles. The molecule has 0 radical (unpaired) electrons. The summed E-state index contributed by atoms with van der Waals surface area (Å²) in [6.07, 6.45) is 5.05. The van der Waals surface area contributed by atoms with Crippen molar-refractivity contribution in [1.29, 1.82) is 0 Å². The van der Waals surface area contributed by atoms with Crippen LogP contribution in [-0.4, -0.2) is 57.1 Å². The number of nitrogens with zero attached hydrogens (tertiary/aromatic N) is 6. The molecule has 0 saturated carbocycles. The van der Waals surface area contributed by atoms with Crippen LogP contribution in [0.5, 0.6) is 0 Å². The lowest BCUT2D eigenvalue weighted by Crippen LogP contribution is -2.33. The first-order valence-electron chi connectivity index (χ1n) is 10.3. The number of pyridine rings is 1. The minimum absolute atomic E-state index is 0.0704. The van der Waals surface area contributed by atoms with Crippen molar-refractivity contribution >= 4 is 11.7 Å². The number of fused-ring (bicyclic) bond motifs is 1. The van der Waals surface area contributed by atoms with Crippen LogP contribution in [0, 0.1) is 11.8 Å². The summed E-state index contributed by atoms with van der Waals surface area (Å²) < 4.78 is 5.37. The molecule has 0 aromatic carbocycles. The van der Waals surface area contributed by atoms with E-state index in [-0.39, 0.29) is 5.91 Å². The molecule has 3 aromatic heterocycles. The van der Waals surface area contributed by atoms with Crippen molar-refractivity contribution < 1.29 is 9.32 Å². The monoisotopic (exact) mass is 404 g/mol. The van der Waals surface area contributed by atoms with Gasteiger partial charge in [-0.25, -0.2) is 9.97 Å². The Balaban J connectivity index is 1.24. The zero-order valence-electron chi connectivity index (χ0n) is 17.1. The van der Waals surface area contributed by atoms with E-state index in [1.807, 2.05) is 17.0 Å². The molecule has 5 rings (SSSR count). The predicted octanol–water partition coefficient (Wildman–Crippen LogP) is 2.86. The predicted molar refractivity (Wildman–Crippen MR) is 111 cm³/mol. The second-order valence-electron chi connectivity index (χ2n) is 8.41. The third-order valence-corrected chi connectivity index (χ3v) is 6.04. The van der Waals surface area contributed by atoms with Crippen LogP contribution in [0.4, 0.5) is 5.82 Å². The summed E-state index contributed by atoms with van der Waals surface area (Å²) in [6, 6.07) is 7.50. The van der Waals surface area contributed by atoms with Gasteiger partial charge in [0.15, 0.2) is 11.5 Å². The summed E-state index contributed by atoms with van der Waals surface area (Å²) in [6.45, 7) is 7.55. The van der Waals surface area contributed by atoms with Crippen LogP contribution in [0.15, 0.2) is 47.5 Å². The number of rotatable bonds is 4. The Morgan fingerprint density at radius 2 is 1.93 bits per heavy atom. The topological polar surface area (TPSA) is 88.2 Å². The summed E-state index contributed by atoms with van der Waals surface area (Å²) in [7, 11) is 0. The number of carbonyl (C=O) groups excluding carboxylic acids is 1. The third-order valence-electron chi connectivity index (χ3n) is 6.04. The molecule has 2 aliphatic rings. The van der Waals surface area contributed by atoms with Gasteiger partial charge in [0.2, 0.25) is 0 Å². The fraction of sp³-hybridized carbons (Fsp3) is 0.409. The van der Waals surface area contributed by atoms with Crippen LogP contribution in [-0.2, 0) is 0 Å². The van der Waals surface area contributed by atoms with Crippen molar-refractivity contribution in [3.8, 4) is 11.3 Å². The van der Waals surface area contributed by atoms with E-state index in [1.165, 1.54) is 0 Å². The van der Waals surface area contributed by atoms with Gasteiger partial charge in [0.05, 0.1) is 0 Å². The molecule has 2 fully saturated rings. The Labute approximate surface area is 174 Å². The molecule has 30 heavy (non-hydrogen) atoms. The van der Waals surface area contributed by atoms with Gasteiger partial charge in [-0.3, -0.25) is 9.78 Å². The SMILES string of the molecule is CC(C)c1cc(N2CC3CN(C(=O)c4cc(-c5cccnc5)on4)CC3C2)ncn1. The van der Waals surface area contributed by atoms with E-state index in [1.54, 1.807) is 24.8 Å². The van der Waals surface area contributed by atoms with Gasteiger partial charge in [-0.2, -0.15) is 0 Å². The highest BCUT2D eigenvalue weighted by atomic mass is 16.5. The summed E-state index contributed by atoms with van der Waals surface area (Å²) >= 11 is 0. The zero-order chi connectivity index (χ0) is 20.7. The maximum Gasteiger partial charge on any atom is 0.276 e. The highest BCUT2D eigenvalue weighted by Gasteiger charge is 2.42. The molecule has 154 valence electrons. The van der Waals surface area contributed by atoms with Crippen LogP contribution < -0.4 is 4.90 Å². The number of likely N-dealkylation sites (tertiary alicyclic amines) is 1. The maximum atomic E-state index is 12.9. The minimum Gasteiger partial charge on any atom is -0.356 e. The number of hydrogen-bond acceptors (Lipinski definition) is 7. The molecule has 3 aromatic rings. The summed E-state index contributed by atoms with van der Waals surface area (Å²) in [5.41, 5.74) is 2.22. The van der Waals surface area contributed by atoms with E-state index in [9.17, 15) is 4.79 Å². The molecule has 2 unspecified atom stereocenters. The van der Waals surface area contributed by atoms with Crippen LogP contribution in [0.2, 0.25) is 0 Å². The van der Waals surface area contributed by atoms with Gasteiger partial charge in [-0.05, 0) is 18.1 Å². The smallest absolute Gasteiger partial charge is 0.276 e. The molecule has 8 nitrogen and oxygen atoms in total. The van der Waals surface area contributed by atoms with Crippen molar-refractivity contribution in [3.05, 3.63) is 54.4 Å². The summed E-state index contributed by atoms with van der Waals surface area (Å²) in [4.78, 5) is 30.1. The highest BCUT2D eigenvalue weighted by molar-refractivity contribution is 5.93. The van der Waals surface area contributed by atoms with Gasteiger partial charge in [-0.15, -0.1) is 0 Å². The van der Waals surface area contributed by atoms with Gasteiger partial charge in [0.1, 0.15) is 12.1 Å². The average molecular weight is 404 g/mol. The molecule has 2 aliphatic heterocycles. The van der Waals surface area contributed by atoms with E-state index in [4.69, 9.17) is 4.52 Å². The van der Waals surface area contributed by atoms with Gasteiger partial charge in [0, 0.05) is 73.8 Å². The molecular formula is C22H24N6O2. The molecule has 2 saturated heterocycles. The Morgan fingerprint density at radius 3 is 2.63 bits per heavy atom. The van der Waals surface area contributed by atoms with Crippen LogP contribution in [0.3, 0.4) is 0 Å². The summed E-state index contributed by atoms with van der Waals surface area (Å²) in [5, 5.41) is 4.00. The molecule has 0 bridgehead atoms. The lowest BCUT2D eigenvalue weighted by molar-refractivity contribution is 0.0772. The molecule has 2 atom stereocenters. The van der Waals surface area contributed by atoms with Gasteiger partial charge < -0.3 is 14.3 Å². The second-order valence-corrected chi connectivity index (χ2v) is 8.41. The van der Waals surface area contributed by atoms with E-state index in [2.05, 4.69) is 44.9 Å². The Morgan fingerprint density at radius 1 is 1.13 bits per heavy atom. The lowest BCUT2D eigenvalue weighted by Gasteiger charge is -2.22. The zero-order valence-corrected chi connectivity index (χ0v) is 17.1. The van der Waals surface area contributed by atoms with Crippen LogP contribution >= 0.6 is 0 Å². The number of hydrogen-bond donors (Lipinski definition) is 0. The quantitative estimate of drug-likeness (QED) is 0.661. The number of amides is 1. The Kier molecular flexibility index (Phi) is 4.69. The average Bonchev–Trinajstić information content (AvgIpc) is 3.49. The van der Waals surface area contributed by atoms with Gasteiger partial charge >= 0.3 is 0 Å². The standard InChI is InChI=1S/C22H24N6O2/c1-14(2)18-7-21(25-13-24-18)27-9-16-11-28(12-17(16)10-27)22(29)19-6-20(30-26-19)15-4-3-5-23-8-15/h3-8,13-14,16-17H,9-12H2,1-2H3. The normalized spacial score (nSPS) is 20.8. The van der Waals surface area contributed by atoms with Crippen molar-refractivity contribution in [1.82, 2.24) is 25.0 Å². The molecule has 1 amide bonds. The van der Waals surface area contributed by atoms with E-state index < -0.39 is 0 Å². The summed E-state index contributed by atoms with van der Waals surface area (Å²) in [5.74, 6) is 2.73.